The lowest BCUT2D eigenvalue weighted by molar-refractivity contribution is -0.133. The second kappa shape index (κ2) is 5.19. The number of nitrogens with one attached hydrogen (secondary N) is 1. The molecule has 1 aliphatic heterocycles. The van der Waals surface area contributed by atoms with E-state index in [9.17, 15) is 4.79 Å². The SMILES string of the molecule is CCSC1CCCC1N1CNC(C)(CC)C1=O. The van der Waals surface area contributed by atoms with Gasteiger partial charge in [-0.2, -0.15) is 11.8 Å². The monoisotopic (exact) mass is 256 g/mol. The van der Waals surface area contributed by atoms with E-state index in [-0.39, 0.29) is 5.54 Å². The molecule has 0 bridgehead atoms. The molecule has 3 nitrogen and oxygen atoms in total. The summed E-state index contributed by atoms with van der Waals surface area (Å²) < 4.78 is 0. The highest BCUT2D eigenvalue weighted by Gasteiger charge is 2.46. The molecular weight excluding hydrogens is 232 g/mol. The summed E-state index contributed by atoms with van der Waals surface area (Å²) in [7, 11) is 0. The molecule has 0 aromatic heterocycles. The second-order valence-electron chi connectivity index (χ2n) is 5.29. The van der Waals surface area contributed by atoms with Crippen LogP contribution in [0.4, 0.5) is 0 Å². The van der Waals surface area contributed by atoms with Gasteiger partial charge in [0.05, 0.1) is 12.2 Å². The van der Waals surface area contributed by atoms with Crippen LogP contribution in [0.2, 0.25) is 0 Å². The minimum atomic E-state index is -0.315. The van der Waals surface area contributed by atoms with Gasteiger partial charge < -0.3 is 4.90 Å². The van der Waals surface area contributed by atoms with Crippen LogP contribution in [0.3, 0.4) is 0 Å². The largest absolute Gasteiger partial charge is 0.324 e. The molecular formula is C13H24N2OS. The molecule has 0 spiro atoms. The standard InChI is InChI=1S/C13H24N2OS/c1-4-13(3)12(16)15(9-14-13)10-7-6-8-11(10)17-5-2/h10-11,14H,4-9H2,1-3H3. The summed E-state index contributed by atoms with van der Waals surface area (Å²) in [6.07, 6.45) is 4.61. The van der Waals surface area contributed by atoms with E-state index in [1.54, 1.807) is 0 Å². The predicted octanol–water partition coefficient (Wildman–Crippen LogP) is 2.22. The van der Waals surface area contributed by atoms with E-state index in [4.69, 9.17) is 0 Å². The number of thioether (sulfide) groups is 1. The van der Waals surface area contributed by atoms with Gasteiger partial charge in [-0.15, -0.1) is 0 Å². The summed E-state index contributed by atoms with van der Waals surface area (Å²) in [5.74, 6) is 1.47. The molecule has 0 aromatic rings. The molecule has 1 saturated carbocycles. The van der Waals surface area contributed by atoms with E-state index in [1.165, 1.54) is 19.3 Å². The molecule has 0 aromatic carbocycles. The Morgan fingerprint density at radius 3 is 2.82 bits per heavy atom. The van der Waals surface area contributed by atoms with Crippen molar-refractivity contribution in [3.8, 4) is 0 Å². The summed E-state index contributed by atoms with van der Waals surface area (Å²) in [4.78, 5) is 14.6. The van der Waals surface area contributed by atoms with E-state index >= 15 is 0 Å². The Balaban J connectivity index is 2.06. The van der Waals surface area contributed by atoms with E-state index < -0.39 is 0 Å². The molecule has 3 unspecified atom stereocenters. The Morgan fingerprint density at radius 1 is 1.47 bits per heavy atom. The number of nitrogens with zero attached hydrogens (tertiary/aromatic N) is 1. The number of carbonyl (C=O) groups excluding carboxylic acids is 1. The molecule has 1 amide bonds. The van der Waals surface area contributed by atoms with E-state index in [0.29, 0.717) is 17.2 Å². The van der Waals surface area contributed by atoms with Crippen LogP contribution in [0.25, 0.3) is 0 Å². The van der Waals surface area contributed by atoms with E-state index in [0.717, 1.165) is 18.8 Å². The number of carbonyl (C=O) groups is 1. The maximum absolute atomic E-state index is 12.4. The molecule has 2 rings (SSSR count). The third-order valence-corrected chi connectivity index (χ3v) is 5.59. The van der Waals surface area contributed by atoms with Crippen molar-refractivity contribution in [2.45, 2.75) is 63.3 Å². The van der Waals surface area contributed by atoms with Crippen LogP contribution in [0.1, 0.15) is 46.5 Å². The molecule has 1 aliphatic carbocycles. The minimum Gasteiger partial charge on any atom is -0.324 e. The normalized spacial score (nSPS) is 38.1. The molecule has 2 fully saturated rings. The molecule has 0 radical (unpaired) electrons. The fourth-order valence-electron chi connectivity index (χ4n) is 2.94. The average molecular weight is 256 g/mol. The Labute approximate surface area is 109 Å². The number of hydrogen-bond donors (Lipinski definition) is 1. The van der Waals surface area contributed by atoms with Gasteiger partial charge in [0, 0.05) is 11.3 Å². The van der Waals surface area contributed by atoms with Crippen molar-refractivity contribution in [3.63, 3.8) is 0 Å². The zero-order chi connectivity index (χ0) is 12.5. The Bertz CT molecular complexity index is 297. The van der Waals surface area contributed by atoms with Crippen LogP contribution in [0, 0.1) is 0 Å². The Kier molecular flexibility index (Phi) is 4.03. The number of rotatable bonds is 4. The molecule has 17 heavy (non-hydrogen) atoms. The van der Waals surface area contributed by atoms with Crippen molar-refractivity contribution in [2.75, 3.05) is 12.4 Å². The van der Waals surface area contributed by atoms with Crippen LogP contribution in [-0.2, 0) is 4.79 Å². The van der Waals surface area contributed by atoms with Crippen molar-refractivity contribution in [2.24, 2.45) is 0 Å². The topological polar surface area (TPSA) is 32.3 Å². The summed E-state index contributed by atoms with van der Waals surface area (Å²) in [5.41, 5.74) is -0.315. The summed E-state index contributed by atoms with van der Waals surface area (Å²) >= 11 is 2.02. The van der Waals surface area contributed by atoms with Crippen LogP contribution in [0.5, 0.6) is 0 Å². The van der Waals surface area contributed by atoms with Gasteiger partial charge in [-0.05, 0) is 31.9 Å². The first-order valence-electron chi connectivity index (χ1n) is 6.80. The van der Waals surface area contributed by atoms with Crippen LogP contribution < -0.4 is 5.32 Å². The van der Waals surface area contributed by atoms with Gasteiger partial charge in [0.25, 0.3) is 0 Å². The predicted molar refractivity (Wildman–Crippen MR) is 73.1 cm³/mol. The molecule has 1 heterocycles. The number of hydrogen-bond acceptors (Lipinski definition) is 3. The van der Waals surface area contributed by atoms with Crippen LogP contribution in [-0.4, -0.2) is 40.1 Å². The molecule has 2 aliphatic rings. The Hall–Kier alpha value is -0.220. The maximum atomic E-state index is 12.4. The van der Waals surface area contributed by atoms with Crippen molar-refractivity contribution in [3.05, 3.63) is 0 Å². The lowest BCUT2D eigenvalue weighted by atomic mass is 9.99. The van der Waals surface area contributed by atoms with Crippen molar-refractivity contribution in [1.29, 1.82) is 0 Å². The first-order chi connectivity index (χ1) is 8.12. The van der Waals surface area contributed by atoms with E-state index in [2.05, 4.69) is 24.1 Å². The first-order valence-corrected chi connectivity index (χ1v) is 7.85. The molecule has 4 heteroatoms. The van der Waals surface area contributed by atoms with E-state index in [1.807, 2.05) is 18.7 Å². The molecule has 1 N–H and O–H groups in total. The highest BCUT2D eigenvalue weighted by Crippen LogP contribution is 2.35. The van der Waals surface area contributed by atoms with Crippen molar-refractivity contribution >= 4 is 17.7 Å². The van der Waals surface area contributed by atoms with Gasteiger partial charge in [-0.3, -0.25) is 10.1 Å². The summed E-state index contributed by atoms with van der Waals surface area (Å²) in [6, 6.07) is 0.466. The summed E-state index contributed by atoms with van der Waals surface area (Å²) in [5, 5.41) is 4.05. The lowest BCUT2D eigenvalue weighted by Crippen LogP contribution is -2.46. The molecule has 1 saturated heterocycles. The van der Waals surface area contributed by atoms with Crippen LogP contribution in [0.15, 0.2) is 0 Å². The van der Waals surface area contributed by atoms with Crippen molar-refractivity contribution in [1.82, 2.24) is 10.2 Å². The fourth-order valence-corrected chi connectivity index (χ4v) is 4.21. The first kappa shape index (κ1) is 13.2. The van der Waals surface area contributed by atoms with Gasteiger partial charge in [0.1, 0.15) is 0 Å². The Morgan fingerprint density at radius 2 is 2.24 bits per heavy atom. The minimum absolute atomic E-state index is 0.314. The maximum Gasteiger partial charge on any atom is 0.243 e. The third-order valence-electron chi connectivity index (χ3n) is 4.28. The van der Waals surface area contributed by atoms with Gasteiger partial charge in [0.2, 0.25) is 5.91 Å². The van der Waals surface area contributed by atoms with Gasteiger partial charge in [-0.25, -0.2) is 0 Å². The number of amides is 1. The lowest BCUT2D eigenvalue weighted by Gasteiger charge is -2.29. The average Bonchev–Trinajstić information content (AvgIpc) is 2.87. The van der Waals surface area contributed by atoms with Gasteiger partial charge >= 0.3 is 0 Å². The summed E-state index contributed by atoms with van der Waals surface area (Å²) in [6.45, 7) is 7.07. The van der Waals surface area contributed by atoms with Crippen molar-refractivity contribution < 1.29 is 4.79 Å². The highest BCUT2D eigenvalue weighted by molar-refractivity contribution is 7.99. The second-order valence-corrected chi connectivity index (χ2v) is 6.80. The smallest absolute Gasteiger partial charge is 0.243 e. The van der Waals surface area contributed by atoms with Gasteiger partial charge in [-0.1, -0.05) is 20.3 Å². The molecule has 98 valence electrons. The zero-order valence-corrected chi connectivity index (χ0v) is 12.0. The quantitative estimate of drug-likeness (QED) is 0.837. The third kappa shape index (κ3) is 2.34. The fraction of sp³-hybridized carbons (Fsp3) is 0.923. The van der Waals surface area contributed by atoms with Crippen LogP contribution >= 0.6 is 11.8 Å². The highest BCUT2D eigenvalue weighted by atomic mass is 32.2. The molecule has 3 atom stereocenters. The zero-order valence-electron chi connectivity index (χ0n) is 11.2. The van der Waals surface area contributed by atoms with Gasteiger partial charge in [0.15, 0.2) is 0 Å².